The minimum atomic E-state index is -0.686. The molecule has 0 aliphatic heterocycles. The molecule has 0 spiro atoms. The largest absolute Gasteiger partial charge is 0.507 e. The summed E-state index contributed by atoms with van der Waals surface area (Å²) in [6, 6.07) is 1.56. The molecule has 0 amide bonds. The third-order valence-corrected chi connectivity index (χ3v) is 5.16. The fourth-order valence-corrected chi connectivity index (χ4v) is 3.86. The average molecular weight is 374 g/mol. The number of esters is 1. The van der Waals surface area contributed by atoms with E-state index < -0.39 is 5.97 Å². The lowest BCUT2D eigenvalue weighted by molar-refractivity contribution is 0.0429. The van der Waals surface area contributed by atoms with Crippen LogP contribution < -0.4 is 0 Å². The van der Waals surface area contributed by atoms with Crippen LogP contribution in [0.3, 0.4) is 0 Å². The Balaban J connectivity index is 2.64. The quantitative estimate of drug-likeness (QED) is 0.491. The molecule has 0 radical (unpaired) electrons. The molecule has 5 nitrogen and oxygen atoms in total. The normalized spacial score (nSPS) is 19.5. The number of allylic oxidation sites excluding steroid dienone is 3. The van der Waals surface area contributed by atoms with E-state index in [1.807, 2.05) is 26.8 Å². The first kappa shape index (κ1) is 21.0. The Bertz CT molecular complexity index is 748. The first-order valence-corrected chi connectivity index (χ1v) is 9.50. The zero-order valence-corrected chi connectivity index (χ0v) is 16.4. The van der Waals surface area contributed by atoms with Crippen molar-refractivity contribution in [2.75, 3.05) is 13.2 Å². The van der Waals surface area contributed by atoms with Crippen molar-refractivity contribution in [2.24, 2.45) is 5.92 Å². The van der Waals surface area contributed by atoms with Gasteiger partial charge in [-0.05, 0) is 50.7 Å². The molecule has 0 fully saturated rings. The number of carbonyl (C=O) groups excluding carboxylic acids is 1. The molecule has 0 aromatic heterocycles. The van der Waals surface area contributed by atoms with Crippen molar-refractivity contribution in [1.29, 1.82) is 0 Å². The Morgan fingerprint density at radius 2 is 2.07 bits per heavy atom. The highest BCUT2D eigenvalue weighted by molar-refractivity contribution is 5.95. The standard InChI is InChI=1S/C22H30O5/c1-5-6-15-12-18(24)20(21(25)19(15)22(26)27-10-9-23)17-11-14(4)7-8-16(17)13(2)3/h11-12,16-17,23-25H,2,5-10H2,1,3-4H3/t16-,17+/m1/s1. The van der Waals surface area contributed by atoms with E-state index in [1.165, 1.54) is 5.57 Å². The first-order valence-electron chi connectivity index (χ1n) is 9.50. The number of hydrogen-bond acceptors (Lipinski definition) is 5. The van der Waals surface area contributed by atoms with Crippen LogP contribution in [-0.4, -0.2) is 34.5 Å². The van der Waals surface area contributed by atoms with Gasteiger partial charge < -0.3 is 20.1 Å². The van der Waals surface area contributed by atoms with E-state index in [2.05, 4.69) is 6.58 Å². The van der Waals surface area contributed by atoms with E-state index in [9.17, 15) is 15.0 Å². The molecule has 0 saturated heterocycles. The predicted octanol–water partition coefficient (Wildman–Crippen LogP) is 4.22. The van der Waals surface area contributed by atoms with Gasteiger partial charge in [0.2, 0.25) is 0 Å². The molecule has 1 aromatic rings. The van der Waals surface area contributed by atoms with Crippen LogP contribution in [0, 0.1) is 5.92 Å². The van der Waals surface area contributed by atoms with Gasteiger partial charge in [-0.15, -0.1) is 0 Å². The number of phenols is 2. The lowest BCUT2D eigenvalue weighted by Gasteiger charge is -2.32. The van der Waals surface area contributed by atoms with Crippen LogP contribution in [0.2, 0.25) is 0 Å². The van der Waals surface area contributed by atoms with E-state index in [0.29, 0.717) is 17.5 Å². The van der Waals surface area contributed by atoms with Gasteiger partial charge in [-0.2, -0.15) is 0 Å². The van der Waals surface area contributed by atoms with Crippen LogP contribution in [0.1, 0.15) is 67.4 Å². The van der Waals surface area contributed by atoms with Gasteiger partial charge in [0, 0.05) is 11.5 Å². The summed E-state index contributed by atoms with van der Waals surface area (Å²) in [4.78, 5) is 12.5. The van der Waals surface area contributed by atoms with Gasteiger partial charge >= 0.3 is 5.97 Å². The Morgan fingerprint density at radius 1 is 1.37 bits per heavy atom. The molecule has 2 rings (SSSR count). The van der Waals surface area contributed by atoms with E-state index in [1.54, 1.807) is 6.07 Å². The van der Waals surface area contributed by atoms with Crippen LogP contribution in [0.15, 0.2) is 29.9 Å². The summed E-state index contributed by atoms with van der Waals surface area (Å²) in [5.41, 5.74) is 3.12. The molecule has 0 bridgehead atoms. The maximum absolute atomic E-state index is 12.5. The molecule has 0 saturated carbocycles. The number of aromatic hydroxyl groups is 2. The number of aryl methyl sites for hydroxylation is 1. The number of carbonyl (C=O) groups is 1. The number of aliphatic hydroxyl groups excluding tert-OH is 1. The molecule has 0 heterocycles. The molecule has 0 unspecified atom stereocenters. The van der Waals surface area contributed by atoms with Gasteiger partial charge in [0.15, 0.2) is 0 Å². The first-order chi connectivity index (χ1) is 12.8. The summed E-state index contributed by atoms with van der Waals surface area (Å²) in [7, 11) is 0. The molecule has 2 atom stereocenters. The second-order valence-corrected chi connectivity index (χ2v) is 7.33. The molecule has 27 heavy (non-hydrogen) atoms. The molecule has 1 aliphatic carbocycles. The summed E-state index contributed by atoms with van der Waals surface area (Å²) >= 11 is 0. The van der Waals surface area contributed by atoms with E-state index in [4.69, 9.17) is 9.84 Å². The minimum Gasteiger partial charge on any atom is -0.507 e. The average Bonchev–Trinajstić information content (AvgIpc) is 2.59. The van der Waals surface area contributed by atoms with Crippen molar-refractivity contribution >= 4 is 5.97 Å². The number of phenolic OH excluding ortho intramolecular Hbond substituents is 2. The summed E-state index contributed by atoms with van der Waals surface area (Å²) in [6.07, 6.45) is 5.13. The van der Waals surface area contributed by atoms with Crippen molar-refractivity contribution in [3.05, 3.63) is 46.6 Å². The van der Waals surface area contributed by atoms with Gasteiger partial charge in [0.1, 0.15) is 23.7 Å². The second-order valence-electron chi connectivity index (χ2n) is 7.33. The predicted molar refractivity (Wildman–Crippen MR) is 105 cm³/mol. The smallest absolute Gasteiger partial charge is 0.342 e. The number of hydrogen-bond donors (Lipinski definition) is 3. The van der Waals surface area contributed by atoms with Gasteiger partial charge in [-0.25, -0.2) is 4.79 Å². The molecule has 1 aromatic carbocycles. The maximum Gasteiger partial charge on any atom is 0.342 e. The van der Waals surface area contributed by atoms with Crippen LogP contribution in [0.4, 0.5) is 0 Å². The van der Waals surface area contributed by atoms with Crippen molar-refractivity contribution in [3.63, 3.8) is 0 Å². The zero-order chi connectivity index (χ0) is 20.1. The Kier molecular flexibility index (Phi) is 7.08. The molecule has 1 aliphatic rings. The molecule has 3 N–H and O–H groups in total. The monoisotopic (exact) mass is 374 g/mol. The van der Waals surface area contributed by atoms with E-state index in [-0.39, 0.29) is 42.1 Å². The number of ether oxygens (including phenoxy) is 1. The fraction of sp³-hybridized carbons (Fsp3) is 0.500. The fourth-order valence-electron chi connectivity index (χ4n) is 3.86. The van der Waals surface area contributed by atoms with Gasteiger partial charge in [-0.3, -0.25) is 0 Å². The summed E-state index contributed by atoms with van der Waals surface area (Å²) in [5, 5.41) is 30.6. The zero-order valence-electron chi connectivity index (χ0n) is 16.4. The summed E-state index contributed by atoms with van der Waals surface area (Å²) < 4.78 is 5.06. The Hall–Kier alpha value is -2.27. The van der Waals surface area contributed by atoms with E-state index >= 15 is 0 Å². The van der Waals surface area contributed by atoms with Gasteiger partial charge in [0.05, 0.1) is 6.61 Å². The number of rotatable bonds is 7. The van der Waals surface area contributed by atoms with Crippen molar-refractivity contribution in [1.82, 2.24) is 0 Å². The van der Waals surface area contributed by atoms with Crippen LogP contribution in [0.5, 0.6) is 11.5 Å². The van der Waals surface area contributed by atoms with E-state index in [0.717, 1.165) is 24.8 Å². The summed E-state index contributed by atoms with van der Waals surface area (Å²) in [5.74, 6) is -1.12. The number of benzene rings is 1. The van der Waals surface area contributed by atoms with Crippen LogP contribution in [0.25, 0.3) is 0 Å². The summed E-state index contributed by atoms with van der Waals surface area (Å²) in [6.45, 7) is 9.57. The number of aliphatic hydroxyl groups is 1. The van der Waals surface area contributed by atoms with Gasteiger partial charge in [-0.1, -0.05) is 37.1 Å². The van der Waals surface area contributed by atoms with Crippen LogP contribution >= 0.6 is 0 Å². The lowest BCUT2D eigenvalue weighted by Crippen LogP contribution is -2.19. The Morgan fingerprint density at radius 3 is 2.67 bits per heavy atom. The SMILES string of the molecule is C=C(C)[C@H]1CCC(C)=C[C@@H]1c1c(O)cc(CCC)c(C(=O)OCCO)c1O. The lowest BCUT2D eigenvalue weighted by atomic mass is 9.73. The highest BCUT2D eigenvalue weighted by Crippen LogP contribution is 2.48. The Labute approximate surface area is 161 Å². The van der Waals surface area contributed by atoms with Crippen molar-refractivity contribution in [3.8, 4) is 11.5 Å². The van der Waals surface area contributed by atoms with Gasteiger partial charge in [0.25, 0.3) is 0 Å². The molecular formula is C22H30O5. The third kappa shape index (κ3) is 4.53. The molecule has 148 valence electrons. The minimum absolute atomic E-state index is 0.0168. The van der Waals surface area contributed by atoms with Crippen LogP contribution in [-0.2, 0) is 11.2 Å². The second kappa shape index (κ2) is 9.09. The van der Waals surface area contributed by atoms with Crippen molar-refractivity contribution in [2.45, 2.75) is 52.4 Å². The topological polar surface area (TPSA) is 87.0 Å². The third-order valence-electron chi connectivity index (χ3n) is 5.16. The highest BCUT2D eigenvalue weighted by atomic mass is 16.5. The molecular weight excluding hydrogens is 344 g/mol. The maximum atomic E-state index is 12.5. The van der Waals surface area contributed by atoms with Crippen molar-refractivity contribution < 1.29 is 24.9 Å². The highest BCUT2D eigenvalue weighted by Gasteiger charge is 2.33. The molecule has 5 heteroatoms.